The molecule has 0 amide bonds. The van der Waals surface area contributed by atoms with Gasteiger partial charge in [0.15, 0.2) is 0 Å². The summed E-state index contributed by atoms with van der Waals surface area (Å²) in [5.74, 6) is -1.43. The molecule has 0 radical (unpaired) electrons. The molecule has 0 aromatic rings. The van der Waals surface area contributed by atoms with Crippen LogP contribution in [0.15, 0.2) is 9.12 Å². The van der Waals surface area contributed by atoms with Crippen LogP contribution >= 0.6 is 31.4 Å². The van der Waals surface area contributed by atoms with Crippen LogP contribution < -0.4 is 0 Å². The van der Waals surface area contributed by atoms with E-state index in [0.717, 1.165) is 0 Å². The normalized spacial score (nSPS) is 12.0. The van der Waals surface area contributed by atoms with Crippen LogP contribution in [-0.2, 0) is 10.9 Å². The second kappa shape index (κ2) is 3.78. The van der Waals surface area contributed by atoms with Gasteiger partial charge >= 0.3 is 25.8 Å². The van der Waals surface area contributed by atoms with Crippen molar-refractivity contribution < 1.29 is 16.0 Å². The molecular formula is C3H2ClIO4. The molecule has 0 aromatic heterocycles. The van der Waals surface area contributed by atoms with Crippen molar-refractivity contribution in [1.29, 1.82) is 0 Å². The summed E-state index contributed by atoms with van der Waals surface area (Å²) in [6.45, 7) is 0. The third-order valence-corrected chi connectivity index (χ3v) is 2.16. The third kappa shape index (κ3) is 4.34. The van der Waals surface area contributed by atoms with E-state index in [2.05, 4.69) is 0 Å². The topological polar surface area (TPSA) is 71.4 Å². The number of carboxylic acid groups (broad SMARTS) is 1. The van der Waals surface area contributed by atoms with Crippen molar-refractivity contribution in [3.8, 4) is 0 Å². The molecule has 0 saturated heterocycles. The van der Waals surface area contributed by atoms with E-state index < -0.39 is 30.8 Å². The lowest BCUT2D eigenvalue weighted by molar-refractivity contribution is -0.131. The first kappa shape index (κ1) is 8.83. The Balaban J connectivity index is 4.35. The summed E-state index contributed by atoms with van der Waals surface area (Å²) in [6.07, 6.45) is 0. The molecule has 0 saturated carbocycles. The van der Waals surface area contributed by atoms with Crippen molar-refractivity contribution in [3.63, 3.8) is 0 Å². The standard InChI is InChI=1S/C3H2ClIO4/c4-2(3(6)7)1-5(8)9/h1H,(H,6,7)/b2-1-. The summed E-state index contributed by atoms with van der Waals surface area (Å²) in [4.78, 5) is 9.78. The zero-order valence-corrected chi connectivity index (χ0v) is 6.92. The van der Waals surface area contributed by atoms with Crippen molar-refractivity contribution in [2.45, 2.75) is 0 Å². The number of carboxylic acids is 1. The molecule has 52 valence electrons. The van der Waals surface area contributed by atoms with Gasteiger partial charge in [-0.05, 0) is 0 Å². The summed E-state index contributed by atoms with van der Waals surface area (Å²) in [6, 6.07) is 0. The Morgan fingerprint density at radius 1 is 1.56 bits per heavy atom. The molecule has 0 fully saturated rings. The molecule has 0 spiro atoms. The van der Waals surface area contributed by atoms with Crippen LogP contribution in [0.2, 0.25) is 0 Å². The third-order valence-electron chi connectivity index (χ3n) is 0.389. The van der Waals surface area contributed by atoms with Gasteiger partial charge in [0.05, 0.1) is 4.08 Å². The van der Waals surface area contributed by atoms with Gasteiger partial charge in [-0.25, -0.2) is 10.9 Å². The highest BCUT2D eigenvalue weighted by Crippen LogP contribution is 2.13. The van der Waals surface area contributed by atoms with Crippen molar-refractivity contribution in [2.24, 2.45) is 0 Å². The fourth-order valence-corrected chi connectivity index (χ4v) is 1.29. The molecule has 6 heteroatoms. The monoisotopic (exact) mass is 264 g/mol. The Labute approximate surface area is 62.6 Å². The second-order valence-corrected chi connectivity index (χ2v) is 3.41. The molecule has 0 aliphatic rings. The lowest BCUT2D eigenvalue weighted by Gasteiger charge is -1.80. The van der Waals surface area contributed by atoms with Crippen LogP contribution in [0.4, 0.5) is 0 Å². The Hall–Kier alpha value is -0.170. The highest BCUT2D eigenvalue weighted by molar-refractivity contribution is 14.2. The minimum Gasteiger partial charge on any atom is -0.477 e. The van der Waals surface area contributed by atoms with E-state index >= 15 is 0 Å². The van der Waals surface area contributed by atoms with E-state index in [9.17, 15) is 10.9 Å². The summed E-state index contributed by atoms with van der Waals surface area (Å²) in [5, 5.41) is 7.32. The maximum Gasteiger partial charge on any atom is 0.347 e. The highest BCUT2D eigenvalue weighted by atomic mass is 127. The molecule has 0 aliphatic carbocycles. The van der Waals surface area contributed by atoms with E-state index in [1.165, 1.54) is 0 Å². The fraction of sp³-hybridized carbons (Fsp3) is 0. The molecule has 0 bridgehead atoms. The molecule has 9 heavy (non-hydrogen) atoms. The van der Waals surface area contributed by atoms with Gasteiger partial charge in [0.25, 0.3) is 0 Å². The molecule has 0 aromatic carbocycles. The first-order valence-electron chi connectivity index (χ1n) is 1.68. The average molecular weight is 264 g/mol. The van der Waals surface area contributed by atoms with Crippen LogP contribution in [0.1, 0.15) is 0 Å². The Morgan fingerprint density at radius 2 is 2.00 bits per heavy atom. The Morgan fingerprint density at radius 3 is 2.11 bits per heavy atom. The van der Waals surface area contributed by atoms with Gasteiger partial charge in [-0.3, -0.25) is 0 Å². The van der Waals surface area contributed by atoms with Crippen LogP contribution in [0.3, 0.4) is 0 Å². The van der Waals surface area contributed by atoms with Gasteiger partial charge < -0.3 is 5.11 Å². The Kier molecular flexibility index (Phi) is 3.71. The minimum atomic E-state index is -3.61. The lowest BCUT2D eigenvalue weighted by atomic mass is 10.7. The van der Waals surface area contributed by atoms with Gasteiger partial charge in [0.1, 0.15) is 5.03 Å². The maximum absolute atomic E-state index is 9.82. The zero-order valence-electron chi connectivity index (χ0n) is 4.01. The smallest absolute Gasteiger partial charge is 0.347 e. The number of rotatable bonds is 2. The molecule has 0 heterocycles. The van der Waals surface area contributed by atoms with Crippen molar-refractivity contribution in [3.05, 3.63) is 9.12 Å². The van der Waals surface area contributed by atoms with Crippen molar-refractivity contribution in [2.75, 3.05) is 0 Å². The predicted octanol–water partition coefficient (Wildman–Crippen LogP) is 1.35. The largest absolute Gasteiger partial charge is 0.477 e. The molecule has 0 rings (SSSR count). The van der Waals surface area contributed by atoms with E-state index in [-0.39, 0.29) is 0 Å². The maximum atomic E-state index is 9.82. The van der Waals surface area contributed by atoms with Crippen LogP contribution in [-0.4, -0.2) is 11.1 Å². The van der Waals surface area contributed by atoms with Gasteiger partial charge in [-0.2, -0.15) is 0 Å². The van der Waals surface area contributed by atoms with Crippen LogP contribution in [0.25, 0.3) is 0 Å². The SMILES string of the molecule is O=C(O)/C(Cl)=C/I(=O)=O. The number of hydrogen-bond acceptors (Lipinski definition) is 3. The number of aliphatic carboxylic acids is 1. The molecule has 1 N–H and O–H groups in total. The molecule has 4 nitrogen and oxygen atoms in total. The fourth-order valence-electron chi connectivity index (χ4n) is 0.125. The van der Waals surface area contributed by atoms with Gasteiger partial charge in [0, 0.05) is 0 Å². The summed E-state index contributed by atoms with van der Waals surface area (Å²) in [5.41, 5.74) is 0. The molecular weight excluding hydrogens is 262 g/mol. The first-order chi connectivity index (χ1) is 4.04. The van der Waals surface area contributed by atoms with Crippen molar-refractivity contribution >= 4 is 37.4 Å². The minimum absolute atomic E-state index is 0.536. The van der Waals surface area contributed by atoms with Gasteiger partial charge in [-0.15, -0.1) is 0 Å². The molecule has 0 atom stereocenters. The zero-order chi connectivity index (χ0) is 7.44. The van der Waals surface area contributed by atoms with E-state index in [1.807, 2.05) is 0 Å². The van der Waals surface area contributed by atoms with Crippen LogP contribution in [0, 0.1) is 0 Å². The van der Waals surface area contributed by atoms with Gasteiger partial charge in [0.2, 0.25) is 0 Å². The molecule has 0 unspecified atom stereocenters. The highest BCUT2D eigenvalue weighted by Gasteiger charge is 2.02. The van der Waals surface area contributed by atoms with E-state index in [4.69, 9.17) is 16.7 Å². The summed E-state index contributed by atoms with van der Waals surface area (Å²) < 4.78 is 20.2. The number of hydrogen-bond donors (Lipinski definition) is 1. The quantitative estimate of drug-likeness (QED) is 0.603. The predicted molar refractivity (Wildman–Crippen MR) is 37.0 cm³/mol. The lowest BCUT2D eigenvalue weighted by Crippen LogP contribution is -1.91. The van der Waals surface area contributed by atoms with Gasteiger partial charge in [-0.1, -0.05) is 11.6 Å². The Bertz CT molecular complexity index is 208. The average Bonchev–Trinajstić information content (AvgIpc) is 1.63. The second-order valence-electron chi connectivity index (χ2n) is 1.00. The van der Waals surface area contributed by atoms with E-state index in [0.29, 0.717) is 4.08 Å². The van der Waals surface area contributed by atoms with E-state index in [1.54, 1.807) is 0 Å². The number of carbonyl (C=O) groups is 1. The molecule has 0 aliphatic heterocycles. The van der Waals surface area contributed by atoms with Crippen LogP contribution in [0.5, 0.6) is 0 Å². The number of halogens is 2. The first-order valence-corrected chi connectivity index (χ1v) is 5.07. The summed E-state index contributed by atoms with van der Waals surface area (Å²) in [7, 11) is 0. The van der Waals surface area contributed by atoms with Crippen molar-refractivity contribution in [1.82, 2.24) is 0 Å². The summed E-state index contributed by atoms with van der Waals surface area (Å²) >= 11 is 1.31.